The molecule has 2 unspecified atom stereocenters. The molecule has 7 aliphatic rings. The largest absolute Gasteiger partial charge is 0.458 e. The SMILES string of the molecule is C[C@]12CC[C@H](OC3O[C@H](CO)[C@@H](O)[C@H](O)[C@H]3OC3O[C@H](CO)[C@@H](O)[C@H](O)[C@H]3O)C[C@H]1CC[C@@H]1[C@@H]2CC[C@]2(C)[C@@H](C3=CC(=O)OC3)CC[C@@H]12. The summed E-state index contributed by atoms with van der Waals surface area (Å²) in [5.41, 5.74) is 1.52. The smallest absolute Gasteiger partial charge is 0.331 e. The molecule has 4 aliphatic carbocycles. The summed E-state index contributed by atoms with van der Waals surface area (Å²) < 4.78 is 29.1. The number of hydrogen-bond acceptors (Lipinski definition) is 13. The maximum absolute atomic E-state index is 11.9. The van der Waals surface area contributed by atoms with Crippen molar-refractivity contribution < 1.29 is 64.2 Å². The zero-order chi connectivity index (χ0) is 34.1. The molecule has 0 aromatic heterocycles. The minimum atomic E-state index is -1.72. The van der Waals surface area contributed by atoms with Gasteiger partial charge in [0.15, 0.2) is 12.6 Å². The summed E-state index contributed by atoms with van der Waals surface area (Å²) in [6, 6.07) is 0. The third-order valence-electron chi connectivity index (χ3n) is 14.0. The molecule has 6 fully saturated rings. The van der Waals surface area contributed by atoms with Gasteiger partial charge >= 0.3 is 5.97 Å². The molecule has 0 spiro atoms. The first-order chi connectivity index (χ1) is 22.9. The Morgan fingerprint density at radius 2 is 1.42 bits per heavy atom. The Kier molecular flexibility index (Phi) is 9.82. The number of fused-ring (bicyclic) bond motifs is 5. The van der Waals surface area contributed by atoms with Crippen LogP contribution in [-0.2, 0) is 28.5 Å². The van der Waals surface area contributed by atoms with Crippen molar-refractivity contribution in [3.8, 4) is 0 Å². The third kappa shape index (κ3) is 5.78. The van der Waals surface area contributed by atoms with Crippen molar-refractivity contribution in [2.45, 2.75) is 139 Å². The molecule has 7 rings (SSSR count). The molecular formula is C35H54O13. The second-order valence-corrected chi connectivity index (χ2v) is 16.2. The highest BCUT2D eigenvalue weighted by molar-refractivity contribution is 5.85. The first kappa shape index (κ1) is 35.2. The van der Waals surface area contributed by atoms with Gasteiger partial charge in [-0.1, -0.05) is 13.8 Å². The lowest BCUT2D eigenvalue weighted by Gasteiger charge is -2.61. The summed E-state index contributed by atoms with van der Waals surface area (Å²) >= 11 is 0. The molecule has 0 amide bonds. The number of carbonyl (C=O) groups excluding carboxylic acids is 1. The van der Waals surface area contributed by atoms with Crippen molar-refractivity contribution in [2.24, 2.45) is 40.4 Å². The van der Waals surface area contributed by atoms with Crippen LogP contribution >= 0.6 is 0 Å². The number of ether oxygens (including phenoxy) is 5. The van der Waals surface area contributed by atoms with Crippen LogP contribution in [0.15, 0.2) is 11.6 Å². The summed E-state index contributed by atoms with van der Waals surface area (Å²) in [7, 11) is 0. The molecule has 0 aromatic carbocycles. The minimum absolute atomic E-state index is 0.150. The first-order valence-electron chi connectivity index (χ1n) is 18.0. The maximum Gasteiger partial charge on any atom is 0.331 e. The molecule has 13 heteroatoms. The number of cyclic esters (lactones) is 1. The van der Waals surface area contributed by atoms with E-state index in [1.807, 2.05) is 0 Å². The van der Waals surface area contributed by atoms with E-state index in [0.717, 1.165) is 51.4 Å². The number of rotatable bonds is 7. The van der Waals surface area contributed by atoms with E-state index in [9.17, 15) is 40.5 Å². The van der Waals surface area contributed by atoms with Crippen LogP contribution in [0.3, 0.4) is 0 Å². The molecule has 3 heterocycles. The fourth-order valence-corrected chi connectivity index (χ4v) is 11.4. The van der Waals surface area contributed by atoms with Crippen LogP contribution in [0.1, 0.15) is 71.6 Å². The van der Waals surface area contributed by atoms with Gasteiger partial charge in [-0.15, -0.1) is 0 Å². The molecule has 4 saturated carbocycles. The molecule has 48 heavy (non-hydrogen) atoms. The third-order valence-corrected chi connectivity index (χ3v) is 14.0. The van der Waals surface area contributed by atoms with Crippen LogP contribution in [0, 0.1) is 40.4 Å². The predicted octanol–water partition coefficient (Wildman–Crippen LogP) is 0.138. The lowest BCUT2D eigenvalue weighted by Crippen LogP contribution is -2.65. The fraction of sp³-hybridized carbons (Fsp3) is 0.914. The average molecular weight is 683 g/mol. The van der Waals surface area contributed by atoms with E-state index in [-0.39, 0.29) is 22.9 Å². The monoisotopic (exact) mass is 682 g/mol. The van der Waals surface area contributed by atoms with E-state index in [0.29, 0.717) is 36.2 Å². The number of aliphatic hydroxyl groups is 7. The quantitative estimate of drug-likeness (QED) is 0.141. The van der Waals surface area contributed by atoms with Gasteiger partial charge in [-0.05, 0) is 104 Å². The first-order valence-corrected chi connectivity index (χ1v) is 18.0. The molecule has 0 radical (unpaired) electrons. The van der Waals surface area contributed by atoms with Crippen LogP contribution in [0.2, 0.25) is 0 Å². The van der Waals surface area contributed by atoms with Crippen molar-refractivity contribution in [2.75, 3.05) is 19.8 Å². The Morgan fingerprint density at radius 3 is 2.10 bits per heavy atom. The molecule has 18 atom stereocenters. The van der Waals surface area contributed by atoms with E-state index < -0.39 is 74.6 Å². The van der Waals surface area contributed by atoms with E-state index in [4.69, 9.17) is 23.7 Å². The molecule has 13 nitrogen and oxygen atoms in total. The molecule has 0 aromatic rings. The maximum atomic E-state index is 11.9. The second-order valence-electron chi connectivity index (χ2n) is 16.2. The molecule has 2 saturated heterocycles. The summed E-state index contributed by atoms with van der Waals surface area (Å²) in [4.78, 5) is 11.9. The highest BCUT2D eigenvalue weighted by atomic mass is 16.8. The van der Waals surface area contributed by atoms with Gasteiger partial charge in [0.05, 0.1) is 19.3 Å². The van der Waals surface area contributed by atoms with Crippen LogP contribution < -0.4 is 0 Å². The van der Waals surface area contributed by atoms with Gasteiger partial charge in [-0.3, -0.25) is 0 Å². The predicted molar refractivity (Wildman–Crippen MR) is 166 cm³/mol. The number of hydrogen-bond donors (Lipinski definition) is 7. The molecule has 7 N–H and O–H groups in total. The van der Waals surface area contributed by atoms with Crippen LogP contribution in [0.25, 0.3) is 0 Å². The average Bonchev–Trinajstić information content (AvgIpc) is 3.66. The Balaban J connectivity index is 1.03. The summed E-state index contributed by atoms with van der Waals surface area (Å²) in [5, 5.41) is 72.3. The standard InChI is InChI=1S/C35H54O13/c1-34-9-7-18(12-17(34)3-4-19-21-6-5-20(16-11-25(38)44-15-16)35(21,2)10-8-22(19)34)45-33-31(29(42)27(40)24(14-37)47-33)48-32-30(43)28(41)26(39)23(13-36)46-32/h11,17-24,26-33,36-37,39-43H,3-10,12-15H2,1-2H3/t17-,18+,19+,20-,21+,22+,23-,24-,26-,27-,28+,29+,30-,31-,32?,33?,34+,35-/m1/s1. The Bertz CT molecular complexity index is 1210. The Morgan fingerprint density at radius 1 is 0.750 bits per heavy atom. The van der Waals surface area contributed by atoms with Gasteiger partial charge in [0.25, 0.3) is 0 Å². The highest BCUT2D eigenvalue weighted by Gasteiger charge is 2.61. The number of esters is 1. The van der Waals surface area contributed by atoms with Crippen molar-refractivity contribution in [1.29, 1.82) is 0 Å². The Hall–Kier alpha value is -1.23. The van der Waals surface area contributed by atoms with Gasteiger partial charge in [0.1, 0.15) is 55.4 Å². The van der Waals surface area contributed by atoms with Gasteiger partial charge in [-0.25, -0.2) is 4.79 Å². The Labute approximate surface area is 281 Å². The summed E-state index contributed by atoms with van der Waals surface area (Å²) in [5.74, 6) is 2.50. The zero-order valence-electron chi connectivity index (χ0n) is 27.9. The van der Waals surface area contributed by atoms with E-state index in [2.05, 4.69) is 13.8 Å². The van der Waals surface area contributed by atoms with Crippen LogP contribution in [0.4, 0.5) is 0 Å². The topological polar surface area (TPSA) is 205 Å². The van der Waals surface area contributed by atoms with Gasteiger partial charge in [-0.2, -0.15) is 0 Å². The minimum Gasteiger partial charge on any atom is -0.458 e. The highest BCUT2D eigenvalue weighted by Crippen LogP contribution is 2.68. The van der Waals surface area contributed by atoms with E-state index >= 15 is 0 Å². The van der Waals surface area contributed by atoms with Crippen molar-refractivity contribution in [3.05, 3.63) is 11.6 Å². The number of carbonyl (C=O) groups is 1. The van der Waals surface area contributed by atoms with Crippen molar-refractivity contribution in [1.82, 2.24) is 0 Å². The number of aliphatic hydroxyl groups excluding tert-OH is 7. The molecule has 0 bridgehead atoms. The van der Waals surface area contributed by atoms with Crippen molar-refractivity contribution in [3.63, 3.8) is 0 Å². The van der Waals surface area contributed by atoms with E-state index in [1.165, 1.54) is 12.0 Å². The van der Waals surface area contributed by atoms with Gasteiger partial charge < -0.3 is 59.4 Å². The van der Waals surface area contributed by atoms with Crippen molar-refractivity contribution >= 4 is 5.97 Å². The van der Waals surface area contributed by atoms with Crippen LogP contribution in [-0.4, -0.2) is 129 Å². The van der Waals surface area contributed by atoms with Gasteiger partial charge in [0.2, 0.25) is 0 Å². The molecular weight excluding hydrogens is 628 g/mol. The van der Waals surface area contributed by atoms with E-state index in [1.54, 1.807) is 6.08 Å². The normalized spacial score (nSPS) is 53.8. The van der Waals surface area contributed by atoms with Gasteiger partial charge in [0, 0.05) is 6.08 Å². The molecule has 272 valence electrons. The molecule has 3 aliphatic heterocycles. The fourth-order valence-electron chi connectivity index (χ4n) is 11.4. The second kappa shape index (κ2) is 13.4. The summed E-state index contributed by atoms with van der Waals surface area (Å²) in [6.07, 6.45) is -3.79. The lowest BCUT2D eigenvalue weighted by molar-refractivity contribution is -0.373. The van der Waals surface area contributed by atoms with Crippen LogP contribution in [0.5, 0.6) is 0 Å². The zero-order valence-corrected chi connectivity index (χ0v) is 27.9. The summed E-state index contributed by atoms with van der Waals surface area (Å²) in [6.45, 7) is 4.13. The lowest BCUT2D eigenvalue weighted by atomic mass is 9.44.